The van der Waals surface area contributed by atoms with E-state index in [2.05, 4.69) is 50.9 Å². The average Bonchev–Trinajstić information content (AvgIpc) is 3.04. The van der Waals surface area contributed by atoms with Crippen LogP contribution < -0.4 is 10.2 Å². The molecule has 2 heterocycles. The van der Waals surface area contributed by atoms with Gasteiger partial charge in [0, 0.05) is 24.2 Å². The summed E-state index contributed by atoms with van der Waals surface area (Å²) < 4.78 is 0. The first-order chi connectivity index (χ1) is 9.93. The number of piperidine rings is 1. The van der Waals surface area contributed by atoms with Gasteiger partial charge in [-0.25, -0.2) is 4.98 Å². The predicted molar refractivity (Wildman–Crippen MR) is 85.5 cm³/mol. The van der Waals surface area contributed by atoms with Crippen LogP contribution in [0, 0.1) is 0 Å². The van der Waals surface area contributed by atoms with E-state index in [0.29, 0.717) is 6.04 Å². The lowest BCUT2D eigenvalue weighted by Gasteiger charge is -2.34. The molecule has 0 bridgehead atoms. The zero-order valence-corrected chi connectivity index (χ0v) is 12.5. The minimum atomic E-state index is 0.631. The number of anilines is 1. The minimum absolute atomic E-state index is 0.631. The maximum atomic E-state index is 4.53. The molecule has 20 heavy (non-hydrogen) atoms. The van der Waals surface area contributed by atoms with Gasteiger partial charge < -0.3 is 10.2 Å². The Labute approximate surface area is 124 Å². The summed E-state index contributed by atoms with van der Waals surface area (Å²) in [5, 5.41) is 6.69. The summed E-state index contributed by atoms with van der Waals surface area (Å²) in [4.78, 5) is 7.04. The summed E-state index contributed by atoms with van der Waals surface area (Å²) in [6.07, 6.45) is 5.43. The molecule has 0 radical (unpaired) electrons. The Bertz CT molecular complexity index is 492. The summed E-state index contributed by atoms with van der Waals surface area (Å²) >= 11 is 1.75. The number of aromatic nitrogens is 1. The highest BCUT2D eigenvalue weighted by Gasteiger charge is 2.22. The van der Waals surface area contributed by atoms with Crippen molar-refractivity contribution >= 4 is 16.5 Å². The molecule has 1 aliphatic heterocycles. The van der Waals surface area contributed by atoms with Gasteiger partial charge in [-0.1, -0.05) is 30.3 Å². The second kappa shape index (κ2) is 6.86. The third-order valence-electron chi connectivity index (χ3n) is 3.90. The van der Waals surface area contributed by atoms with Crippen LogP contribution in [-0.4, -0.2) is 30.7 Å². The van der Waals surface area contributed by atoms with Crippen LogP contribution in [-0.2, 0) is 6.42 Å². The number of hydrogen-bond donors (Lipinski definition) is 1. The van der Waals surface area contributed by atoms with Gasteiger partial charge in [0.05, 0.1) is 0 Å². The molecule has 1 aromatic heterocycles. The maximum absolute atomic E-state index is 4.53. The molecule has 0 unspecified atom stereocenters. The summed E-state index contributed by atoms with van der Waals surface area (Å²) in [5.41, 5.74) is 1.41. The maximum Gasteiger partial charge on any atom is 0.185 e. The summed E-state index contributed by atoms with van der Waals surface area (Å²) in [7, 11) is 0. The molecular formula is C16H21N3S. The normalized spacial score (nSPS) is 16.2. The third kappa shape index (κ3) is 3.38. The van der Waals surface area contributed by atoms with Crippen LogP contribution in [0.25, 0.3) is 0 Å². The molecule has 0 amide bonds. The van der Waals surface area contributed by atoms with Gasteiger partial charge in [-0.3, -0.25) is 0 Å². The summed E-state index contributed by atoms with van der Waals surface area (Å²) in [6.45, 7) is 3.30. The van der Waals surface area contributed by atoms with E-state index in [4.69, 9.17) is 0 Å². The first-order valence-electron chi connectivity index (χ1n) is 7.34. The fraction of sp³-hybridized carbons (Fsp3) is 0.438. The van der Waals surface area contributed by atoms with Gasteiger partial charge in [-0.2, -0.15) is 0 Å². The predicted octanol–water partition coefficient (Wildman–Crippen LogP) is 2.94. The monoisotopic (exact) mass is 287 g/mol. The van der Waals surface area contributed by atoms with Crippen molar-refractivity contribution in [3.63, 3.8) is 0 Å². The fourth-order valence-corrected chi connectivity index (χ4v) is 3.55. The van der Waals surface area contributed by atoms with Crippen LogP contribution in [0.3, 0.4) is 0 Å². The molecule has 1 saturated heterocycles. The first kappa shape index (κ1) is 13.6. The Morgan fingerprint density at radius 3 is 2.70 bits per heavy atom. The largest absolute Gasteiger partial charge is 0.345 e. The molecule has 3 nitrogen and oxygen atoms in total. The van der Waals surface area contributed by atoms with E-state index >= 15 is 0 Å². The van der Waals surface area contributed by atoms with Gasteiger partial charge in [-0.15, -0.1) is 11.3 Å². The van der Waals surface area contributed by atoms with Crippen molar-refractivity contribution in [3.05, 3.63) is 47.5 Å². The lowest BCUT2D eigenvalue weighted by atomic mass is 10.0. The molecule has 3 rings (SSSR count). The van der Waals surface area contributed by atoms with Crippen molar-refractivity contribution in [2.75, 3.05) is 24.5 Å². The van der Waals surface area contributed by atoms with Gasteiger partial charge in [0.25, 0.3) is 0 Å². The standard InChI is InChI=1S/C16H21N3S/c1-2-4-14(5-3-1)8-12-19(16-18-11-13-20-16)15-6-9-17-10-7-15/h1-5,11,13,15,17H,6-10,12H2. The minimum Gasteiger partial charge on any atom is -0.345 e. The van der Waals surface area contributed by atoms with Crippen molar-refractivity contribution in [1.82, 2.24) is 10.3 Å². The molecular weight excluding hydrogens is 266 g/mol. The molecule has 0 atom stereocenters. The van der Waals surface area contributed by atoms with Crippen LogP contribution in [0.15, 0.2) is 41.9 Å². The molecule has 0 saturated carbocycles. The topological polar surface area (TPSA) is 28.2 Å². The van der Waals surface area contributed by atoms with Crippen molar-refractivity contribution in [1.29, 1.82) is 0 Å². The second-order valence-corrected chi connectivity index (χ2v) is 6.10. The van der Waals surface area contributed by atoms with Crippen molar-refractivity contribution < 1.29 is 0 Å². The van der Waals surface area contributed by atoms with Gasteiger partial charge >= 0.3 is 0 Å². The SMILES string of the molecule is c1ccc(CCN(c2nccs2)C2CCNCC2)cc1. The van der Waals surface area contributed by atoms with E-state index in [0.717, 1.165) is 26.1 Å². The number of rotatable bonds is 5. The number of nitrogens with one attached hydrogen (secondary N) is 1. The Morgan fingerprint density at radius 1 is 1.20 bits per heavy atom. The van der Waals surface area contributed by atoms with Crippen LogP contribution in [0.4, 0.5) is 5.13 Å². The molecule has 1 N–H and O–H groups in total. The van der Waals surface area contributed by atoms with Crippen LogP contribution >= 0.6 is 11.3 Å². The van der Waals surface area contributed by atoms with E-state index in [9.17, 15) is 0 Å². The van der Waals surface area contributed by atoms with Gasteiger partial charge in [0.2, 0.25) is 0 Å². The third-order valence-corrected chi connectivity index (χ3v) is 4.71. The van der Waals surface area contributed by atoms with Crippen molar-refractivity contribution in [2.45, 2.75) is 25.3 Å². The lowest BCUT2D eigenvalue weighted by molar-refractivity contribution is 0.430. The molecule has 0 aliphatic carbocycles. The molecule has 0 spiro atoms. The average molecular weight is 287 g/mol. The molecule has 4 heteroatoms. The molecule has 2 aromatic rings. The van der Waals surface area contributed by atoms with Crippen LogP contribution in [0.5, 0.6) is 0 Å². The zero-order valence-electron chi connectivity index (χ0n) is 11.7. The Morgan fingerprint density at radius 2 is 2.00 bits per heavy atom. The molecule has 1 fully saturated rings. The summed E-state index contributed by atoms with van der Waals surface area (Å²) in [5.74, 6) is 0. The highest BCUT2D eigenvalue weighted by Crippen LogP contribution is 2.24. The van der Waals surface area contributed by atoms with E-state index in [1.807, 2.05) is 6.20 Å². The van der Waals surface area contributed by atoms with Gasteiger partial charge in [-0.05, 0) is 37.9 Å². The number of nitrogens with zero attached hydrogens (tertiary/aromatic N) is 2. The highest BCUT2D eigenvalue weighted by molar-refractivity contribution is 7.13. The fourth-order valence-electron chi connectivity index (χ4n) is 2.80. The first-order valence-corrected chi connectivity index (χ1v) is 8.22. The smallest absolute Gasteiger partial charge is 0.185 e. The lowest BCUT2D eigenvalue weighted by Crippen LogP contribution is -2.44. The zero-order chi connectivity index (χ0) is 13.6. The quantitative estimate of drug-likeness (QED) is 0.916. The number of thiazole rings is 1. The molecule has 1 aromatic carbocycles. The highest BCUT2D eigenvalue weighted by atomic mass is 32.1. The van der Waals surface area contributed by atoms with E-state index in [-0.39, 0.29) is 0 Å². The van der Waals surface area contributed by atoms with Crippen LogP contribution in [0.2, 0.25) is 0 Å². The number of hydrogen-bond acceptors (Lipinski definition) is 4. The van der Waals surface area contributed by atoms with Crippen molar-refractivity contribution in [3.8, 4) is 0 Å². The van der Waals surface area contributed by atoms with E-state index in [1.54, 1.807) is 11.3 Å². The van der Waals surface area contributed by atoms with Crippen molar-refractivity contribution in [2.24, 2.45) is 0 Å². The van der Waals surface area contributed by atoms with Gasteiger partial charge in [0.1, 0.15) is 0 Å². The Balaban J connectivity index is 1.69. The molecule has 1 aliphatic rings. The van der Waals surface area contributed by atoms with Crippen LogP contribution in [0.1, 0.15) is 18.4 Å². The van der Waals surface area contributed by atoms with E-state index < -0.39 is 0 Å². The molecule has 106 valence electrons. The van der Waals surface area contributed by atoms with E-state index in [1.165, 1.54) is 23.5 Å². The number of benzene rings is 1. The Kier molecular flexibility index (Phi) is 4.66. The summed E-state index contributed by atoms with van der Waals surface area (Å²) in [6, 6.07) is 11.4. The Hall–Kier alpha value is -1.39. The van der Waals surface area contributed by atoms with Gasteiger partial charge in [0.15, 0.2) is 5.13 Å². The second-order valence-electron chi connectivity index (χ2n) is 5.22.